The number of hydrogen-bond acceptors (Lipinski definition) is 8. The van der Waals surface area contributed by atoms with Crippen LogP contribution in [0.15, 0.2) is 5.16 Å². The van der Waals surface area contributed by atoms with Crippen molar-refractivity contribution in [3.8, 4) is 0 Å². The van der Waals surface area contributed by atoms with E-state index in [1.54, 1.807) is 21.0 Å². The van der Waals surface area contributed by atoms with E-state index in [1.165, 1.54) is 55.9 Å². The Labute approximate surface area is 208 Å². The van der Waals surface area contributed by atoms with Crippen LogP contribution in [0.3, 0.4) is 0 Å². The third-order valence-electron chi connectivity index (χ3n) is 6.15. The molecule has 34 heavy (non-hydrogen) atoms. The average molecular weight is 508 g/mol. The smallest absolute Gasteiger partial charge is 0.341 e. The van der Waals surface area contributed by atoms with Gasteiger partial charge in [-0.3, -0.25) is 9.59 Å². The Balaban J connectivity index is 1.63. The first kappa shape index (κ1) is 26.2. The van der Waals surface area contributed by atoms with Gasteiger partial charge in [-0.25, -0.2) is 4.79 Å². The largest absolute Gasteiger partial charge is 0.465 e. The number of aromatic nitrogens is 3. The molecule has 0 saturated heterocycles. The van der Waals surface area contributed by atoms with Crippen molar-refractivity contribution in [3.05, 3.63) is 21.8 Å². The minimum Gasteiger partial charge on any atom is -0.465 e. The number of esters is 1. The molecule has 1 fully saturated rings. The number of nitrogens with one attached hydrogen (secondary N) is 1. The molecule has 186 valence electrons. The number of carbonyl (C=O) groups excluding carboxylic acids is 3. The van der Waals surface area contributed by atoms with Crippen molar-refractivity contribution >= 4 is 45.9 Å². The van der Waals surface area contributed by atoms with Crippen LogP contribution in [0.5, 0.6) is 0 Å². The molecule has 2 aromatic rings. The minimum atomic E-state index is -0.592. The number of amides is 2. The normalized spacial score (nSPS) is 14.1. The number of hydrogen-bond donors (Lipinski definition) is 1. The summed E-state index contributed by atoms with van der Waals surface area (Å²) >= 11 is 2.37. The summed E-state index contributed by atoms with van der Waals surface area (Å²) < 4.78 is 6.82. The van der Waals surface area contributed by atoms with Crippen LogP contribution in [-0.2, 0) is 23.0 Å². The molecular formula is C23H33N5O4S2. The Morgan fingerprint density at radius 3 is 2.56 bits per heavy atom. The Morgan fingerprint density at radius 1 is 1.21 bits per heavy atom. The van der Waals surface area contributed by atoms with E-state index in [-0.39, 0.29) is 23.1 Å². The van der Waals surface area contributed by atoms with Gasteiger partial charge in [0.25, 0.3) is 5.91 Å². The van der Waals surface area contributed by atoms with Crippen molar-refractivity contribution < 1.29 is 19.1 Å². The van der Waals surface area contributed by atoms with Crippen molar-refractivity contribution in [1.29, 1.82) is 0 Å². The molecule has 0 aliphatic heterocycles. The summed E-state index contributed by atoms with van der Waals surface area (Å²) in [6.07, 6.45) is 8.62. The highest BCUT2D eigenvalue weighted by Crippen LogP contribution is 2.34. The summed E-state index contributed by atoms with van der Waals surface area (Å²) in [6, 6.07) is 0. The number of methoxy groups -OCH3 is 1. The molecule has 1 aliphatic rings. The number of nitrogens with zero attached hydrogens (tertiary/aromatic N) is 4. The standard InChI is InChI=1S/C23H33N5O4S2/c1-14-18(22(31)32-5)20(34-19(14)21(30)27(2)3)24-17(29)13-33-23-26-25-16(28(23)4)12-11-15-9-7-6-8-10-15/h15H,6-13H2,1-5H3,(H,24,29). The first-order chi connectivity index (χ1) is 16.2. The lowest BCUT2D eigenvalue weighted by atomic mass is 9.86. The second-order valence-electron chi connectivity index (χ2n) is 8.79. The number of aryl methyl sites for hydroxylation is 1. The van der Waals surface area contributed by atoms with E-state index in [9.17, 15) is 14.4 Å². The van der Waals surface area contributed by atoms with Crippen LogP contribution in [-0.4, -0.2) is 64.4 Å². The second kappa shape index (κ2) is 11.8. The number of anilines is 1. The lowest BCUT2D eigenvalue weighted by molar-refractivity contribution is -0.113. The van der Waals surface area contributed by atoms with Gasteiger partial charge in [-0.1, -0.05) is 43.9 Å². The van der Waals surface area contributed by atoms with Gasteiger partial charge in [-0.15, -0.1) is 21.5 Å². The van der Waals surface area contributed by atoms with Gasteiger partial charge in [0.15, 0.2) is 5.16 Å². The van der Waals surface area contributed by atoms with Crippen LogP contribution < -0.4 is 5.32 Å². The maximum absolute atomic E-state index is 12.7. The molecule has 9 nitrogen and oxygen atoms in total. The highest BCUT2D eigenvalue weighted by molar-refractivity contribution is 7.99. The van der Waals surface area contributed by atoms with E-state index in [0.717, 1.165) is 35.9 Å². The first-order valence-electron chi connectivity index (χ1n) is 11.5. The van der Waals surface area contributed by atoms with Gasteiger partial charge in [0.05, 0.1) is 23.3 Å². The SMILES string of the molecule is COC(=O)c1c(NC(=O)CSc2nnc(CCC3CCCCC3)n2C)sc(C(=O)N(C)C)c1C. The second-order valence-corrected chi connectivity index (χ2v) is 10.8. The zero-order valence-electron chi connectivity index (χ0n) is 20.5. The molecule has 0 radical (unpaired) electrons. The Kier molecular flexibility index (Phi) is 9.12. The molecule has 0 bridgehead atoms. The molecule has 0 spiro atoms. The fourth-order valence-electron chi connectivity index (χ4n) is 4.15. The molecule has 2 heterocycles. The highest BCUT2D eigenvalue weighted by Gasteiger charge is 2.27. The lowest BCUT2D eigenvalue weighted by Gasteiger charge is -2.20. The molecule has 1 saturated carbocycles. The Morgan fingerprint density at radius 2 is 1.91 bits per heavy atom. The lowest BCUT2D eigenvalue weighted by Crippen LogP contribution is -2.21. The summed E-state index contributed by atoms with van der Waals surface area (Å²) in [4.78, 5) is 39.3. The molecule has 11 heteroatoms. The third kappa shape index (κ3) is 6.18. The molecule has 0 aromatic carbocycles. The number of thiophene rings is 1. The quantitative estimate of drug-likeness (QED) is 0.405. The minimum absolute atomic E-state index is 0.100. The molecule has 0 atom stereocenters. The fraction of sp³-hybridized carbons (Fsp3) is 0.609. The zero-order valence-corrected chi connectivity index (χ0v) is 22.1. The van der Waals surface area contributed by atoms with E-state index in [4.69, 9.17) is 4.74 Å². The van der Waals surface area contributed by atoms with E-state index >= 15 is 0 Å². The van der Waals surface area contributed by atoms with Gasteiger partial charge in [-0.2, -0.15) is 0 Å². The fourth-order valence-corrected chi connectivity index (χ4v) is 6.11. The number of ether oxygens (including phenoxy) is 1. The van der Waals surface area contributed by atoms with Crippen LogP contribution in [0.25, 0.3) is 0 Å². The molecule has 1 N–H and O–H groups in total. The average Bonchev–Trinajstić information content (AvgIpc) is 3.34. The van der Waals surface area contributed by atoms with E-state index < -0.39 is 5.97 Å². The topological polar surface area (TPSA) is 106 Å². The number of carbonyl (C=O) groups is 3. The molecular weight excluding hydrogens is 474 g/mol. The maximum Gasteiger partial charge on any atom is 0.341 e. The van der Waals surface area contributed by atoms with Crippen LogP contribution in [0, 0.1) is 12.8 Å². The summed E-state index contributed by atoms with van der Waals surface area (Å²) in [5.74, 6) is 0.681. The number of rotatable bonds is 9. The Bertz CT molecular complexity index is 1040. The highest BCUT2D eigenvalue weighted by atomic mass is 32.2. The monoisotopic (exact) mass is 507 g/mol. The molecule has 2 aromatic heterocycles. The summed E-state index contributed by atoms with van der Waals surface area (Å²) in [7, 11) is 6.47. The van der Waals surface area contributed by atoms with Gasteiger partial charge in [0.1, 0.15) is 10.8 Å². The summed E-state index contributed by atoms with van der Waals surface area (Å²) in [5, 5.41) is 12.3. The van der Waals surface area contributed by atoms with Crippen LogP contribution in [0.4, 0.5) is 5.00 Å². The van der Waals surface area contributed by atoms with Gasteiger partial charge < -0.3 is 19.5 Å². The summed E-state index contributed by atoms with van der Waals surface area (Å²) in [6.45, 7) is 1.68. The van der Waals surface area contributed by atoms with Gasteiger partial charge in [0.2, 0.25) is 5.91 Å². The Hall–Kier alpha value is -2.40. The van der Waals surface area contributed by atoms with Gasteiger partial charge in [0, 0.05) is 27.6 Å². The maximum atomic E-state index is 12.7. The van der Waals surface area contributed by atoms with Crippen LogP contribution in [0.1, 0.15) is 69.9 Å². The molecule has 2 amide bonds. The zero-order chi connectivity index (χ0) is 24.8. The van der Waals surface area contributed by atoms with Crippen molar-refractivity contribution in [3.63, 3.8) is 0 Å². The van der Waals surface area contributed by atoms with Gasteiger partial charge >= 0.3 is 5.97 Å². The predicted molar refractivity (Wildman–Crippen MR) is 134 cm³/mol. The summed E-state index contributed by atoms with van der Waals surface area (Å²) in [5.41, 5.74) is 0.703. The first-order valence-corrected chi connectivity index (χ1v) is 13.3. The van der Waals surface area contributed by atoms with Crippen molar-refractivity contribution in [2.45, 2.75) is 57.0 Å². The van der Waals surface area contributed by atoms with Crippen molar-refractivity contribution in [1.82, 2.24) is 19.7 Å². The molecule has 0 unspecified atom stereocenters. The van der Waals surface area contributed by atoms with E-state index in [0.29, 0.717) is 20.6 Å². The predicted octanol–water partition coefficient (Wildman–Crippen LogP) is 3.92. The third-order valence-corrected chi connectivity index (χ3v) is 8.36. The molecule has 3 rings (SSSR count). The molecule has 1 aliphatic carbocycles. The van der Waals surface area contributed by atoms with Crippen LogP contribution in [0.2, 0.25) is 0 Å². The number of thioether (sulfide) groups is 1. The van der Waals surface area contributed by atoms with E-state index in [2.05, 4.69) is 15.5 Å². The van der Waals surface area contributed by atoms with Gasteiger partial charge in [-0.05, 0) is 24.8 Å². The van der Waals surface area contributed by atoms with Crippen molar-refractivity contribution in [2.75, 3.05) is 32.3 Å². The van der Waals surface area contributed by atoms with E-state index in [1.807, 2.05) is 11.6 Å². The van der Waals surface area contributed by atoms with Crippen molar-refractivity contribution in [2.24, 2.45) is 13.0 Å². The van der Waals surface area contributed by atoms with Crippen LogP contribution >= 0.6 is 23.1 Å².